The second-order valence-electron chi connectivity index (χ2n) is 11.0. The molecule has 3 aliphatic heterocycles. The maximum atomic E-state index is 13.7. The monoisotopic (exact) mass is 600 g/mol. The van der Waals surface area contributed by atoms with Gasteiger partial charge in [-0.2, -0.15) is 5.10 Å². The third-order valence-corrected chi connectivity index (χ3v) is 8.32. The second-order valence-corrected chi connectivity index (χ2v) is 11.0. The van der Waals surface area contributed by atoms with E-state index >= 15 is 0 Å². The first kappa shape index (κ1) is 27.8. The molecule has 4 amide bonds. The fourth-order valence-corrected chi connectivity index (χ4v) is 6.16. The van der Waals surface area contributed by atoms with Gasteiger partial charge in [0.2, 0.25) is 11.8 Å². The van der Waals surface area contributed by atoms with Crippen LogP contribution in [-0.2, 0) is 14.3 Å². The van der Waals surface area contributed by atoms with Gasteiger partial charge in [0.1, 0.15) is 11.7 Å². The number of halogens is 2. The van der Waals surface area contributed by atoms with Crippen LogP contribution in [0.3, 0.4) is 0 Å². The number of rotatable bonds is 6. The van der Waals surface area contributed by atoms with Crippen molar-refractivity contribution < 1.29 is 32.7 Å². The number of pyridine rings is 1. The van der Waals surface area contributed by atoms with Crippen LogP contribution in [0.15, 0.2) is 54.9 Å². The molecule has 0 spiro atoms. The molecule has 2 aromatic carbocycles. The van der Waals surface area contributed by atoms with Crippen molar-refractivity contribution >= 4 is 45.9 Å². The Morgan fingerprint density at radius 2 is 1.77 bits per heavy atom. The molecule has 3 aliphatic rings. The van der Waals surface area contributed by atoms with Gasteiger partial charge in [-0.3, -0.25) is 39.1 Å². The molecule has 2 saturated heterocycles. The number of carbonyl (C=O) groups excluding carboxylic acids is 4. The minimum Gasteiger partial charge on any atom is -0.381 e. The predicted octanol–water partition coefficient (Wildman–Crippen LogP) is 4.53. The number of hydrogen-bond donors (Lipinski definition) is 2. The molecule has 0 saturated carbocycles. The fourth-order valence-electron chi connectivity index (χ4n) is 6.16. The van der Waals surface area contributed by atoms with E-state index in [-0.39, 0.29) is 35.7 Å². The fraction of sp³-hybridized carbons (Fsp3) is 0.290. The first-order chi connectivity index (χ1) is 21.3. The normalized spacial score (nSPS) is 19.2. The van der Waals surface area contributed by atoms with E-state index < -0.39 is 36.1 Å². The van der Waals surface area contributed by atoms with Gasteiger partial charge in [0.15, 0.2) is 0 Å². The molecular weight excluding hydrogens is 574 g/mol. The highest BCUT2D eigenvalue weighted by molar-refractivity contribution is 6.25. The van der Waals surface area contributed by atoms with Gasteiger partial charge in [-0.25, -0.2) is 8.78 Å². The van der Waals surface area contributed by atoms with Crippen LogP contribution >= 0.6 is 0 Å². The maximum absolute atomic E-state index is 13.7. The van der Waals surface area contributed by atoms with Gasteiger partial charge < -0.3 is 10.1 Å². The van der Waals surface area contributed by atoms with E-state index in [9.17, 15) is 28.0 Å². The van der Waals surface area contributed by atoms with E-state index in [0.717, 1.165) is 28.6 Å². The van der Waals surface area contributed by atoms with Crippen molar-refractivity contribution in [2.75, 3.05) is 18.5 Å². The van der Waals surface area contributed by atoms with E-state index in [1.165, 1.54) is 18.3 Å². The lowest BCUT2D eigenvalue weighted by molar-refractivity contribution is -0.136. The summed E-state index contributed by atoms with van der Waals surface area (Å²) in [6, 6.07) is 10.4. The van der Waals surface area contributed by atoms with Crippen molar-refractivity contribution in [2.24, 2.45) is 0 Å². The highest BCUT2D eigenvalue weighted by Crippen LogP contribution is 2.39. The SMILES string of the molecule is O=C1CCC(N2C(=O)c3cccc(Nc4cc5cnn(C6CCOCC6)c5cc4-c4ccnc(C(F)F)c4)c3C2=O)C(=O)N1. The van der Waals surface area contributed by atoms with Crippen LogP contribution in [0.5, 0.6) is 0 Å². The smallest absolute Gasteiger partial charge is 0.280 e. The summed E-state index contributed by atoms with van der Waals surface area (Å²) in [6.07, 6.45) is 1.88. The van der Waals surface area contributed by atoms with Crippen LogP contribution in [0.2, 0.25) is 0 Å². The Morgan fingerprint density at radius 1 is 0.955 bits per heavy atom. The molecule has 11 nitrogen and oxygen atoms in total. The predicted molar refractivity (Wildman–Crippen MR) is 153 cm³/mol. The molecule has 5 heterocycles. The molecule has 2 fully saturated rings. The maximum Gasteiger partial charge on any atom is 0.280 e. The van der Waals surface area contributed by atoms with Crippen molar-refractivity contribution in [3.05, 3.63) is 71.7 Å². The summed E-state index contributed by atoms with van der Waals surface area (Å²) in [5.74, 6) is -2.46. The van der Waals surface area contributed by atoms with Crippen molar-refractivity contribution in [3.63, 3.8) is 0 Å². The molecule has 44 heavy (non-hydrogen) atoms. The number of amides is 4. The Balaban J connectivity index is 1.32. The van der Waals surface area contributed by atoms with Crippen molar-refractivity contribution in [2.45, 2.75) is 44.2 Å². The van der Waals surface area contributed by atoms with Crippen molar-refractivity contribution in [1.82, 2.24) is 25.0 Å². The minimum absolute atomic E-state index is 0.00634. The average molecular weight is 601 g/mol. The van der Waals surface area contributed by atoms with Crippen LogP contribution in [0.25, 0.3) is 22.0 Å². The summed E-state index contributed by atoms with van der Waals surface area (Å²) in [5.41, 5.74) is 2.44. The average Bonchev–Trinajstić information content (AvgIpc) is 3.55. The number of hydrogen-bond acceptors (Lipinski definition) is 8. The molecule has 0 aliphatic carbocycles. The highest BCUT2D eigenvalue weighted by Gasteiger charge is 2.45. The number of piperidine rings is 1. The molecule has 7 rings (SSSR count). The van der Waals surface area contributed by atoms with E-state index in [4.69, 9.17) is 4.74 Å². The molecule has 224 valence electrons. The van der Waals surface area contributed by atoms with Gasteiger partial charge in [-0.15, -0.1) is 0 Å². The van der Waals surface area contributed by atoms with Crippen LogP contribution in [0, 0.1) is 0 Å². The largest absolute Gasteiger partial charge is 0.381 e. The molecule has 13 heteroatoms. The number of ether oxygens (including phenoxy) is 1. The highest BCUT2D eigenvalue weighted by atomic mass is 19.3. The molecule has 2 aromatic heterocycles. The van der Waals surface area contributed by atoms with Gasteiger partial charge in [0, 0.05) is 42.5 Å². The Hall–Kier alpha value is -5.04. The van der Waals surface area contributed by atoms with Gasteiger partial charge in [0.05, 0.1) is 34.6 Å². The first-order valence-electron chi connectivity index (χ1n) is 14.2. The third kappa shape index (κ3) is 4.69. The topological polar surface area (TPSA) is 136 Å². The summed E-state index contributed by atoms with van der Waals surface area (Å²) < 4.78 is 34.8. The quantitative estimate of drug-likeness (QED) is 0.308. The number of carbonyl (C=O) groups is 4. The lowest BCUT2D eigenvalue weighted by Gasteiger charge is -2.27. The zero-order chi connectivity index (χ0) is 30.5. The van der Waals surface area contributed by atoms with E-state index in [1.807, 2.05) is 16.8 Å². The van der Waals surface area contributed by atoms with Gasteiger partial charge in [-0.05, 0) is 61.2 Å². The number of aromatic nitrogens is 3. The van der Waals surface area contributed by atoms with Gasteiger partial charge >= 0.3 is 0 Å². The van der Waals surface area contributed by atoms with Crippen LogP contribution in [0.4, 0.5) is 20.2 Å². The summed E-state index contributed by atoms with van der Waals surface area (Å²) >= 11 is 0. The lowest BCUT2D eigenvalue weighted by Crippen LogP contribution is -2.54. The molecule has 1 unspecified atom stereocenters. The lowest BCUT2D eigenvalue weighted by atomic mass is 10.00. The van der Waals surface area contributed by atoms with Crippen molar-refractivity contribution in [1.29, 1.82) is 0 Å². The summed E-state index contributed by atoms with van der Waals surface area (Å²) in [5, 5.41) is 10.9. The Morgan fingerprint density at radius 3 is 2.55 bits per heavy atom. The number of imide groups is 2. The molecule has 2 N–H and O–H groups in total. The molecular formula is C31H26F2N6O5. The zero-order valence-corrected chi connectivity index (χ0v) is 23.3. The number of benzene rings is 2. The third-order valence-electron chi connectivity index (χ3n) is 8.32. The van der Waals surface area contributed by atoms with Gasteiger partial charge in [0.25, 0.3) is 18.2 Å². The standard InChI is InChI=1S/C31H26F2N6O5/c32-28(33)23-12-16(6-9-34-23)20-14-25-17(15-35-39(25)18-7-10-44-11-8-18)13-22(20)36-21-3-1-2-19-27(21)31(43)38(30(19)42)24-4-5-26(40)37-29(24)41/h1-3,6,9,12-15,18,24,28,36H,4-5,7-8,10-11H2,(H,37,40,41). The van der Waals surface area contributed by atoms with Crippen LogP contribution < -0.4 is 10.6 Å². The van der Waals surface area contributed by atoms with E-state index in [0.29, 0.717) is 35.7 Å². The number of alkyl halides is 2. The molecule has 0 radical (unpaired) electrons. The van der Waals surface area contributed by atoms with Gasteiger partial charge in [-0.1, -0.05) is 6.07 Å². The van der Waals surface area contributed by atoms with E-state index in [1.54, 1.807) is 24.4 Å². The molecule has 0 bridgehead atoms. The van der Waals surface area contributed by atoms with Crippen LogP contribution in [-0.4, -0.2) is 62.5 Å². The Bertz CT molecular complexity index is 1850. The Labute approximate surface area is 249 Å². The number of nitrogens with zero attached hydrogens (tertiary/aromatic N) is 4. The van der Waals surface area contributed by atoms with Crippen LogP contribution in [0.1, 0.15) is 64.6 Å². The van der Waals surface area contributed by atoms with Crippen molar-refractivity contribution in [3.8, 4) is 11.1 Å². The number of anilines is 2. The minimum atomic E-state index is -2.78. The number of nitrogens with one attached hydrogen (secondary N) is 2. The summed E-state index contributed by atoms with van der Waals surface area (Å²) in [6.45, 7) is 1.23. The molecule has 1 atom stereocenters. The Kier molecular flexibility index (Phi) is 6.88. The number of fused-ring (bicyclic) bond motifs is 2. The first-order valence-corrected chi connectivity index (χ1v) is 14.2. The second kappa shape index (κ2) is 10.9. The zero-order valence-electron chi connectivity index (χ0n) is 23.3. The molecule has 4 aromatic rings. The van der Waals surface area contributed by atoms with E-state index in [2.05, 4.69) is 20.7 Å². The summed E-state index contributed by atoms with van der Waals surface area (Å²) in [7, 11) is 0. The summed E-state index contributed by atoms with van der Waals surface area (Å²) in [4.78, 5) is 56.0.